The first-order chi connectivity index (χ1) is 8.58. The van der Waals surface area contributed by atoms with Gasteiger partial charge in [0.05, 0.1) is 0 Å². The molecule has 0 saturated carbocycles. The van der Waals surface area contributed by atoms with E-state index >= 15 is 0 Å². The summed E-state index contributed by atoms with van der Waals surface area (Å²) in [5, 5.41) is 1.16. The highest BCUT2D eigenvalue weighted by atomic mass is 35.5. The van der Waals surface area contributed by atoms with Gasteiger partial charge in [0.2, 0.25) is 0 Å². The average Bonchev–Trinajstić information content (AvgIpc) is 2.40. The molecule has 2 N–H and O–H groups in total. The number of thioether (sulfide) groups is 1. The van der Waals surface area contributed by atoms with Gasteiger partial charge >= 0.3 is 0 Å². The molecule has 0 fully saturated rings. The Balaban J connectivity index is 2.74. The number of nitrogens with two attached hydrogens (primary N) is 1. The third kappa shape index (κ3) is 4.83. The van der Waals surface area contributed by atoms with Crippen LogP contribution >= 0.6 is 23.4 Å². The van der Waals surface area contributed by atoms with Crippen LogP contribution in [0.2, 0.25) is 5.02 Å². The number of halogens is 1. The van der Waals surface area contributed by atoms with E-state index in [9.17, 15) is 0 Å². The molecule has 1 nitrogen and oxygen atoms in total. The van der Waals surface area contributed by atoms with E-state index in [1.165, 1.54) is 12.0 Å². The van der Waals surface area contributed by atoms with Gasteiger partial charge in [-0.25, -0.2) is 0 Å². The maximum Gasteiger partial charge on any atom is 0.0448 e. The lowest BCUT2D eigenvalue weighted by atomic mass is 10.0. The van der Waals surface area contributed by atoms with Crippen molar-refractivity contribution in [3.63, 3.8) is 0 Å². The van der Waals surface area contributed by atoms with Crippen LogP contribution in [-0.2, 0) is 0 Å². The van der Waals surface area contributed by atoms with Crippen molar-refractivity contribution in [3.05, 3.63) is 34.9 Å². The highest BCUT2D eigenvalue weighted by molar-refractivity contribution is 7.99. The van der Waals surface area contributed by atoms with Crippen molar-refractivity contribution >= 4 is 23.4 Å². The maximum atomic E-state index is 6.26. The lowest BCUT2D eigenvalue weighted by Crippen LogP contribution is -2.26. The Bertz CT molecular complexity index is 339. The van der Waals surface area contributed by atoms with Gasteiger partial charge in [0.1, 0.15) is 0 Å². The van der Waals surface area contributed by atoms with Crippen LogP contribution in [0.25, 0.3) is 0 Å². The molecule has 0 spiro atoms. The molecular formula is C15H24ClNS. The van der Waals surface area contributed by atoms with Crippen LogP contribution in [0.5, 0.6) is 0 Å². The Kier molecular flexibility index (Phi) is 7.13. The molecule has 3 atom stereocenters. The predicted octanol–water partition coefficient (Wildman–Crippen LogP) is 4.90. The summed E-state index contributed by atoms with van der Waals surface area (Å²) < 4.78 is 0. The normalized spacial score (nSPS) is 16.3. The van der Waals surface area contributed by atoms with Gasteiger partial charge in [0.15, 0.2) is 0 Å². The average molecular weight is 286 g/mol. The van der Waals surface area contributed by atoms with E-state index < -0.39 is 0 Å². The first kappa shape index (κ1) is 15.9. The zero-order valence-corrected chi connectivity index (χ0v) is 13.1. The first-order valence-corrected chi connectivity index (χ1v) is 8.13. The topological polar surface area (TPSA) is 26.0 Å². The SMILES string of the molecule is CCC(C)CSC(c1ccc(Cl)cc1)C(N)CC. The summed E-state index contributed by atoms with van der Waals surface area (Å²) in [5.41, 5.74) is 7.55. The summed E-state index contributed by atoms with van der Waals surface area (Å²) in [5.74, 6) is 1.91. The Morgan fingerprint density at radius 3 is 2.28 bits per heavy atom. The van der Waals surface area contributed by atoms with Crippen molar-refractivity contribution < 1.29 is 0 Å². The predicted molar refractivity (Wildman–Crippen MR) is 84.4 cm³/mol. The molecular weight excluding hydrogens is 262 g/mol. The van der Waals surface area contributed by atoms with E-state index in [2.05, 4.69) is 32.9 Å². The molecule has 0 aliphatic rings. The highest BCUT2D eigenvalue weighted by Crippen LogP contribution is 2.34. The largest absolute Gasteiger partial charge is 0.326 e. The van der Waals surface area contributed by atoms with Gasteiger partial charge in [0.25, 0.3) is 0 Å². The molecule has 0 amide bonds. The molecule has 0 aliphatic heterocycles. The van der Waals surface area contributed by atoms with Crippen LogP contribution in [0.1, 0.15) is 44.4 Å². The molecule has 0 aliphatic carbocycles. The summed E-state index contributed by atoms with van der Waals surface area (Å²) >= 11 is 7.92. The first-order valence-electron chi connectivity index (χ1n) is 6.71. The summed E-state index contributed by atoms with van der Waals surface area (Å²) in [4.78, 5) is 0. The summed E-state index contributed by atoms with van der Waals surface area (Å²) in [6, 6.07) is 8.32. The molecule has 102 valence electrons. The Morgan fingerprint density at radius 1 is 1.17 bits per heavy atom. The van der Waals surface area contributed by atoms with Gasteiger partial charge in [-0.3, -0.25) is 0 Å². The Labute approximate surface area is 120 Å². The number of benzene rings is 1. The molecule has 18 heavy (non-hydrogen) atoms. The second-order valence-electron chi connectivity index (χ2n) is 4.89. The van der Waals surface area contributed by atoms with Gasteiger partial charge in [0, 0.05) is 16.3 Å². The molecule has 0 saturated heterocycles. The Morgan fingerprint density at radius 2 is 1.78 bits per heavy atom. The minimum Gasteiger partial charge on any atom is -0.326 e. The second-order valence-corrected chi connectivity index (χ2v) is 6.50. The molecule has 0 aromatic heterocycles. The molecule has 1 aromatic carbocycles. The summed E-state index contributed by atoms with van der Waals surface area (Å²) in [6.07, 6.45) is 2.22. The maximum absolute atomic E-state index is 6.26. The quantitative estimate of drug-likeness (QED) is 0.771. The fourth-order valence-electron chi connectivity index (χ4n) is 1.72. The molecule has 1 aromatic rings. The van der Waals surface area contributed by atoms with Gasteiger partial charge in [-0.2, -0.15) is 11.8 Å². The van der Waals surface area contributed by atoms with E-state index in [1.807, 2.05) is 23.9 Å². The van der Waals surface area contributed by atoms with Gasteiger partial charge in [-0.05, 0) is 35.8 Å². The van der Waals surface area contributed by atoms with E-state index in [0.717, 1.165) is 23.1 Å². The van der Waals surface area contributed by atoms with Crippen molar-refractivity contribution in [2.45, 2.75) is 44.9 Å². The van der Waals surface area contributed by atoms with Crippen LogP contribution in [0.15, 0.2) is 24.3 Å². The van der Waals surface area contributed by atoms with E-state index in [0.29, 0.717) is 5.25 Å². The smallest absolute Gasteiger partial charge is 0.0448 e. The van der Waals surface area contributed by atoms with E-state index in [-0.39, 0.29) is 6.04 Å². The van der Waals surface area contributed by atoms with Crippen molar-refractivity contribution in [2.75, 3.05) is 5.75 Å². The van der Waals surface area contributed by atoms with Crippen molar-refractivity contribution in [1.82, 2.24) is 0 Å². The third-order valence-corrected chi connectivity index (χ3v) is 5.31. The van der Waals surface area contributed by atoms with Crippen molar-refractivity contribution in [1.29, 1.82) is 0 Å². The van der Waals surface area contributed by atoms with Crippen LogP contribution in [0, 0.1) is 5.92 Å². The van der Waals surface area contributed by atoms with Crippen LogP contribution in [-0.4, -0.2) is 11.8 Å². The molecule has 0 radical (unpaired) electrons. The molecule has 1 rings (SSSR count). The highest BCUT2D eigenvalue weighted by Gasteiger charge is 2.19. The van der Waals surface area contributed by atoms with Gasteiger partial charge < -0.3 is 5.73 Å². The zero-order chi connectivity index (χ0) is 13.5. The molecule has 0 heterocycles. The fourth-order valence-corrected chi connectivity index (χ4v) is 3.41. The van der Waals surface area contributed by atoms with Crippen LogP contribution < -0.4 is 5.73 Å². The van der Waals surface area contributed by atoms with Crippen molar-refractivity contribution in [3.8, 4) is 0 Å². The molecule has 3 unspecified atom stereocenters. The third-order valence-electron chi connectivity index (χ3n) is 3.32. The minimum absolute atomic E-state index is 0.209. The fraction of sp³-hybridized carbons (Fsp3) is 0.600. The second kappa shape index (κ2) is 8.08. The van der Waals surface area contributed by atoms with E-state index in [4.69, 9.17) is 17.3 Å². The Hall–Kier alpha value is -0.180. The summed E-state index contributed by atoms with van der Waals surface area (Å²) in [6.45, 7) is 6.68. The number of hydrogen-bond donors (Lipinski definition) is 1. The van der Waals surface area contributed by atoms with Crippen LogP contribution in [0.3, 0.4) is 0 Å². The molecule has 3 heteroatoms. The van der Waals surface area contributed by atoms with Gasteiger partial charge in [-0.15, -0.1) is 0 Å². The van der Waals surface area contributed by atoms with E-state index in [1.54, 1.807) is 0 Å². The zero-order valence-electron chi connectivity index (χ0n) is 11.5. The van der Waals surface area contributed by atoms with Crippen LogP contribution in [0.4, 0.5) is 0 Å². The molecule has 0 bridgehead atoms. The lowest BCUT2D eigenvalue weighted by molar-refractivity contribution is 0.615. The minimum atomic E-state index is 0.209. The lowest BCUT2D eigenvalue weighted by Gasteiger charge is -2.24. The number of rotatable bonds is 7. The monoisotopic (exact) mass is 285 g/mol. The summed E-state index contributed by atoms with van der Waals surface area (Å²) in [7, 11) is 0. The van der Waals surface area contributed by atoms with Crippen molar-refractivity contribution in [2.24, 2.45) is 11.7 Å². The van der Waals surface area contributed by atoms with Gasteiger partial charge in [-0.1, -0.05) is 50.9 Å². The number of hydrogen-bond acceptors (Lipinski definition) is 2. The standard InChI is InChI=1S/C15H24ClNS/c1-4-11(3)10-18-15(14(17)5-2)12-6-8-13(16)9-7-12/h6-9,11,14-15H,4-5,10,17H2,1-3H3.